The van der Waals surface area contributed by atoms with Crippen molar-refractivity contribution in [2.45, 2.75) is 58.0 Å². The second-order valence-corrected chi connectivity index (χ2v) is 7.44. The number of ether oxygens (including phenoxy) is 1. The number of nitrogens with one attached hydrogen (secondary N) is 1. The molecule has 0 spiro atoms. The van der Waals surface area contributed by atoms with Crippen LogP contribution >= 0.6 is 0 Å². The van der Waals surface area contributed by atoms with Crippen molar-refractivity contribution in [1.29, 1.82) is 0 Å². The maximum Gasteiger partial charge on any atom is 0.239 e. The Kier molecular flexibility index (Phi) is 6.67. The quantitative estimate of drug-likeness (QED) is 0.483. The minimum absolute atomic E-state index is 0.101. The van der Waals surface area contributed by atoms with Gasteiger partial charge in [-0.15, -0.1) is 0 Å². The van der Waals surface area contributed by atoms with Crippen LogP contribution in [0, 0.1) is 12.8 Å². The molecule has 3 rings (SSSR count). The molecule has 1 N–H and O–H groups in total. The van der Waals surface area contributed by atoms with Gasteiger partial charge in [0.1, 0.15) is 5.92 Å². The number of benzene rings is 1. The van der Waals surface area contributed by atoms with Crippen LogP contribution in [0.25, 0.3) is 0 Å². The normalized spacial score (nSPS) is 21.7. The number of amides is 2. The average Bonchev–Trinajstić information content (AvgIpc) is 2.85. The molecule has 1 unspecified atom stereocenters. The van der Waals surface area contributed by atoms with Gasteiger partial charge in [0.15, 0.2) is 0 Å². The van der Waals surface area contributed by atoms with Crippen LogP contribution in [0.1, 0.15) is 50.5 Å². The number of carbonyl (C=O) groups excluding carboxylic acids is 2. The van der Waals surface area contributed by atoms with E-state index in [-0.39, 0.29) is 11.8 Å². The number of carbonyl (C=O) groups is 2. The van der Waals surface area contributed by atoms with Gasteiger partial charge in [0.2, 0.25) is 11.8 Å². The second-order valence-electron chi connectivity index (χ2n) is 7.44. The summed E-state index contributed by atoms with van der Waals surface area (Å²) in [6.45, 7) is 3.62. The molecule has 1 aromatic rings. The molecule has 2 aliphatic rings. The van der Waals surface area contributed by atoms with Gasteiger partial charge in [0, 0.05) is 18.8 Å². The molecular weight excluding hydrogens is 328 g/mol. The molecule has 2 amide bonds. The van der Waals surface area contributed by atoms with Crippen molar-refractivity contribution in [3.63, 3.8) is 0 Å². The largest absolute Gasteiger partial charge is 0.376 e. The molecule has 142 valence electrons. The topological polar surface area (TPSA) is 58.6 Å². The maximum atomic E-state index is 12.6. The first-order valence-electron chi connectivity index (χ1n) is 9.92. The van der Waals surface area contributed by atoms with E-state index in [0.29, 0.717) is 32.2 Å². The van der Waals surface area contributed by atoms with E-state index in [0.717, 1.165) is 24.1 Å². The summed E-state index contributed by atoms with van der Waals surface area (Å²) in [5.41, 5.74) is 2.02. The third kappa shape index (κ3) is 4.85. The van der Waals surface area contributed by atoms with Crippen LogP contribution in [0.2, 0.25) is 0 Å². The first-order chi connectivity index (χ1) is 12.6. The van der Waals surface area contributed by atoms with E-state index in [2.05, 4.69) is 5.32 Å². The summed E-state index contributed by atoms with van der Waals surface area (Å²) < 4.78 is 5.89. The summed E-state index contributed by atoms with van der Waals surface area (Å²) in [7, 11) is 0. The van der Waals surface area contributed by atoms with Gasteiger partial charge in [-0.3, -0.25) is 9.59 Å². The Balaban J connectivity index is 1.42. The Hall–Kier alpha value is -1.88. The van der Waals surface area contributed by atoms with Crippen molar-refractivity contribution < 1.29 is 14.3 Å². The monoisotopic (exact) mass is 358 g/mol. The standard InChI is InChI=1S/C21H30N2O3/c1-16-8-10-17(11-9-16)23-14-12-19(21(23)25)20(24)22-13-15-26-18-6-4-2-3-5-7-18/h8-11,18-19H,2-7,12-15H2,1H3,(H,22,24). The highest BCUT2D eigenvalue weighted by Gasteiger charge is 2.37. The molecule has 1 saturated heterocycles. The van der Waals surface area contributed by atoms with E-state index in [1.54, 1.807) is 4.90 Å². The summed E-state index contributed by atoms with van der Waals surface area (Å²) in [6.07, 6.45) is 8.24. The van der Waals surface area contributed by atoms with Crippen LogP contribution in [-0.4, -0.2) is 37.6 Å². The fourth-order valence-electron chi connectivity index (χ4n) is 3.84. The fourth-order valence-corrected chi connectivity index (χ4v) is 3.84. The minimum Gasteiger partial charge on any atom is -0.376 e. The molecule has 26 heavy (non-hydrogen) atoms. The fraction of sp³-hybridized carbons (Fsp3) is 0.619. The highest BCUT2D eigenvalue weighted by atomic mass is 16.5. The second kappa shape index (κ2) is 9.17. The molecule has 5 heteroatoms. The lowest BCUT2D eigenvalue weighted by molar-refractivity contribution is -0.132. The minimum atomic E-state index is -0.575. The van der Waals surface area contributed by atoms with Crippen LogP contribution in [0.4, 0.5) is 5.69 Å². The molecule has 1 aliphatic heterocycles. The molecule has 1 aromatic carbocycles. The zero-order valence-electron chi connectivity index (χ0n) is 15.7. The van der Waals surface area contributed by atoms with Gasteiger partial charge in [-0.2, -0.15) is 0 Å². The predicted octanol–water partition coefficient (Wildman–Crippen LogP) is 3.20. The zero-order chi connectivity index (χ0) is 18.4. The number of hydrogen-bond donors (Lipinski definition) is 1. The van der Waals surface area contributed by atoms with Gasteiger partial charge in [-0.05, 0) is 38.3 Å². The van der Waals surface area contributed by atoms with E-state index in [1.165, 1.54) is 25.7 Å². The predicted molar refractivity (Wildman–Crippen MR) is 102 cm³/mol. The SMILES string of the molecule is Cc1ccc(N2CCC(C(=O)NCCOC3CCCCCC3)C2=O)cc1. The van der Waals surface area contributed by atoms with Gasteiger partial charge >= 0.3 is 0 Å². The Morgan fingerprint density at radius 2 is 1.81 bits per heavy atom. The summed E-state index contributed by atoms with van der Waals surface area (Å²) in [5.74, 6) is -0.848. The summed E-state index contributed by atoms with van der Waals surface area (Å²) in [5, 5.41) is 2.88. The van der Waals surface area contributed by atoms with E-state index in [1.807, 2.05) is 31.2 Å². The van der Waals surface area contributed by atoms with Gasteiger partial charge in [-0.25, -0.2) is 0 Å². The molecule has 0 radical (unpaired) electrons. The maximum absolute atomic E-state index is 12.6. The smallest absolute Gasteiger partial charge is 0.239 e. The van der Waals surface area contributed by atoms with Crippen molar-refractivity contribution in [3.05, 3.63) is 29.8 Å². The lowest BCUT2D eigenvalue weighted by Gasteiger charge is -2.18. The van der Waals surface area contributed by atoms with Crippen LogP contribution in [0.5, 0.6) is 0 Å². The molecule has 1 aliphatic carbocycles. The van der Waals surface area contributed by atoms with E-state index in [4.69, 9.17) is 4.74 Å². The number of aryl methyl sites for hydroxylation is 1. The van der Waals surface area contributed by atoms with Crippen molar-refractivity contribution in [2.24, 2.45) is 5.92 Å². The molecule has 1 atom stereocenters. The number of rotatable bonds is 6. The van der Waals surface area contributed by atoms with Crippen LogP contribution in [0.3, 0.4) is 0 Å². The summed E-state index contributed by atoms with van der Waals surface area (Å²) in [6, 6.07) is 7.85. The van der Waals surface area contributed by atoms with Crippen LogP contribution < -0.4 is 10.2 Å². The Labute approximate surface area is 156 Å². The highest BCUT2D eigenvalue weighted by molar-refractivity contribution is 6.09. The number of anilines is 1. The van der Waals surface area contributed by atoms with Crippen LogP contribution in [0.15, 0.2) is 24.3 Å². The van der Waals surface area contributed by atoms with Crippen molar-refractivity contribution in [2.75, 3.05) is 24.6 Å². The lowest BCUT2D eigenvalue weighted by Crippen LogP contribution is -2.38. The van der Waals surface area contributed by atoms with Gasteiger partial charge in [0.05, 0.1) is 12.7 Å². The van der Waals surface area contributed by atoms with Crippen LogP contribution in [-0.2, 0) is 14.3 Å². The first-order valence-corrected chi connectivity index (χ1v) is 9.92. The molecular formula is C21H30N2O3. The van der Waals surface area contributed by atoms with Gasteiger partial charge in [-0.1, -0.05) is 43.4 Å². The van der Waals surface area contributed by atoms with Gasteiger partial charge in [0.25, 0.3) is 0 Å². The molecule has 1 heterocycles. The Morgan fingerprint density at radius 1 is 1.12 bits per heavy atom. The first kappa shape index (κ1) is 18.9. The van der Waals surface area contributed by atoms with Crippen molar-refractivity contribution in [3.8, 4) is 0 Å². The molecule has 1 saturated carbocycles. The lowest BCUT2D eigenvalue weighted by atomic mass is 10.1. The number of hydrogen-bond acceptors (Lipinski definition) is 3. The van der Waals surface area contributed by atoms with E-state index < -0.39 is 5.92 Å². The Morgan fingerprint density at radius 3 is 2.50 bits per heavy atom. The molecule has 5 nitrogen and oxygen atoms in total. The van der Waals surface area contributed by atoms with Crippen molar-refractivity contribution in [1.82, 2.24) is 5.32 Å². The van der Waals surface area contributed by atoms with Crippen molar-refractivity contribution >= 4 is 17.5 Å². The van der Waals surface area contributed by atoms with E-state index >= 15 is 0 Å². The number of nitrogens with zero attached hydrogens (tertiary/aromatic N) is 1. The molecule has 2 fully saturated rings. The zero-order valence-corrected chi connectivity index (χ0v) is 15.7. The third-order valence-corrected chi connectivity index (χ3v) is 5.42. The summed E-state index contributed by atoms with van der Waals surface area (Å²) >= 11 is 0. The molecule has 0 bridgehead atoms. The molecule has 0 aromatic heterocycles. The highest BCUT2D eigenvalue weighted by Crippen LogP contribution is 2.25. The average molecular weight is 358 g/mol. The Bertz CT molecular complexity index is 606. The van der Waals surface area contributed by atoms with Gasteiger partial charge < -0.3 is 15.0 Å². The summed E-state index contributed by atoms with van der Waals surface area (Å²) in [4.78, 5) is 26.7. The third-order valence-electron chi connectivity index (χ3n) is 5.42. The van der Waals surface area contributed by atoms with E-state index in [9.17, 15) is 9.59 Å².